The van der Waals surface area contributed by atoms with E-state index >= 15 is 0 Å². The van der Waals surface area contributed by atoms with Gasteiger partial charge in [0, 0.05) is 25.0 Å². The second-order valence-electron chi connectivity index (χ2n) is 5.50. The lowest BCUT2D eigenvalue weighted by Gasteiger charge is -2.28. The summed E-state index contributed by atoms with van der Waals surface area (Å²) in [6.07, 6.45) is 7.80. The first-order chi connectivity index (χ1) is 9.70. The molecular formula is C16H24N2O2. The number of hydrogen-bond acceptors (Lipinski definition) is 4. The molecule has 4 heteroatoms. The topological polar surface area (TPSA) is 51.2 Å². The zero-order chi connectivity index (χ0) is 14.4. The smallest absolute Gasteiger partial charge is 0.308 e. The van der Waals surface area contributed by atoms with E-state index in [0.29, 0.717) is 12.6 Å². The molecule has 2 atom stereocenters. The standard InChI is InChI=1S/C16H24N2O2/c1-3-20-16(19)13-5-4-6-15(9-13)18-11-14-7-8-17-10-12(14)2/h7-8,10,13,15,18H,3-6,9,11H2,1-2H3. The molecule has 0 aromatic carbocycles. The van der Waals surface area contributed by atoms with E-state index in [2.05, 4.69) is 17.2 Å². The fraction of sp³-hybridized carbons (Fsp3) is 0.625. The summed E-state index contributed by atoms with van der Waals surface area (Å²) in [6, 6.07) is 2.46. The van der Waals surface area contributed by atoms with Crippen molar-refractivity contribution in [3.8, 4) is 0 Å². The van der Waals surface area contributed by atoms with Crippen molar-refractivity contribution in [2.24, 2.45) is 5.92 Å². The zero-order valence-electron chi connectivity index (χ0n) is 12.4. The number of carbonyl (C=O) groups is 1. The lowest BCUT2D eigenvalue weighted by Crippen LogP contribution is -2.36. The Bertz CT molecular complexity index is 448. The molecule has 4 nitrogen and oxygen atoms in total. The van der Waals surface area contributed by atoms with Gasteiger partial charge in [0.25, 0.3) is 0 Å². The second kappa shape index (κ2) is 7.39. The van der Waals surface area contributed by atoms with Crippen LogP contribution in [0, 0.1) is 12.8 Å². The van der Waals surface area contributed by atoms with Gasteiger partial charge in [-0.25, -0.2) is 0 Å². The third kappa shape index (κ3) is 4.04. The van der Waals surface area contributed by atoms with E-state index in [1.54, 1.807) is 0 Å². The van der Waals surface area contributed by atoms with Gasteiger partial charge in [-0.2, -0.15) is 0 Å². The van der Waals surface area contributed by atoms with E-state index in [9.17, 15) is 4.79 Å². The molecule has 0 saturated heterocycles. The molecule has 0 radical (unpaired) electrons. The van der Waals surface area contributed by atoms with Crippen LogP contribution in [-0.2, 0) is 16.1 Å². The minimum Gasteiger partial charge on any atom is -0.466 e. The fourth-order valence-electron chi connectivity index (χ4n) is 2.80. The molecule has 1 aliphatic rings. The minimum absolute atomic E-state index is 0.0286. The van der Waals surface area contributed by atoms with E-state index in [-0.39, 0.29) is 11.9 Å². The van der Waals surface area contributed by atoms with Crippen LogP contribution < -0.4 is 5.32 Å². The molecule has 1 heterocycles. The third-order valence-corrected chi connectivity index (χ3v) is 4.01. The van der Waals surface area contributed by atoms with Crippen molar-refractivity contribution in [2.45, 2.75) is 52.1 Å². The number of pyridine rings is 1. The van der Waals surface area contributed by atoms with Gasteiger partial charge in [0.2, 0.25) is 0 Å². The Balaban J connectivity index is 1.84. The number of esters is 1. The van der Waals surface area contributed by atoms with Gasteiger partial charge in [-0.3, -0.25) is 9.78 Å². The first-order valence-electron chi connectivity index (χ1n) is 7.50. The number of carbonyl (C=O) groups excluding carboxylic acids is 1. The summed E-state index contributed by atoms with van der Waals surface area (Å²) < 4.78 is 5.14. The van der Waals surface area contributed by atoms with Crippen molar-refractivity contribution >= 4 is 5.97 Å². The Labute approximate surface area is 120 Å². The van der Waals surface area contributed by atoms with Gasteiger partial charge >= 0.3 is 5.97 Å². The van der Waals surface area contributed by atoms with E-state index in [0.717, 1.165) is 32.2 Å². The maximum Gasteiger partial charge on any atom is 0.308 e. The Morgan fingerprint density at radius 1 is 1.50 bits per heavy atom. The largest absolute Gasteiger partial charge is 0.466 e. The quantitative estimate of drug-likeness (QED) is 0.840. The molecule has 0 aliphatic heterocycles. The molecular weight excluding hydrogens is 252 g/mol. The van der Waals surface area contributed by atoms with Crippen molar-refractivity contribution in [1.82, 2.24) is 10.3 Å². The highest BCUT2D eigenvalue weighted by Gasteiger charge is 2.27. The molecule has 2 rings (SSSR count). The summed E-state index contributed by atoms with van der Waals surface area (Å²) >= 11 is 0. The van der Waals surface area contributed by atoms with Gasteiger partial charge in [0.1, 0.15) is 0 Å². The van der Waals surface area contributed by atoms with Gasteiger partial charge in [-0.1, -0.05) is 6.42 Å². The molecule has 110 valence electrons. The lowest BCUT2D eigenvalue weighted by atomic mass is 9.85. The van der Waals surface area contributed by atoms with E-state index < -0.39 is 0 Å². The number of aryl methyl sites for hydroxylation is 1. The average molecular weight is 276 g/mol. The van der Waals surface area contributed by atoms with Crippen LogP contribution in [0.2, 0.25) is 0 Å². The molecule has 1 aliphatic carbocycles. The van der Waals surface area contributed by atoms with Crippen LogP contribution in [0.3, 0.4) is 0 Å². The predicted octanol–water partition coefficient (Wildman–Crippen LogP) is 2.60. The van der Waals surface area contributed by atoms with E-state index in [1.807, 2.05) is 25.4 Å². The number of nitrogens with zero attached hydrogens (tertiary/aromatic N) is 1. The molecule has 1 aromatic heterocycles. The Kier molecular flexibility index (Phi) is 5.53. The average Bonchev–Trinajstić information content (AvgIpc) is 2.47. The zero-order valence-corrected chi connectivity index (χ0v) is 12.4. The van der Waals surface area contributed by atoms with Gasteiger partial charge in [-0.15, -0.1) is 0 Å². The van der Waals surface area contributed by atoms with Gasteiger partial charge < -0.3 is 10.1 Å². The van der Waals surface area contributed by atoms with Crippen LogP contribution in [0.1, 0.15) is 43.7 Å². The molecule has 1 aromatic rings. The fourth-order valence-corrected chi connectivity index (χ4v) is 2.80. The van der Waals surface area contributed by atoms with E-state index in [4.69, 9.17) is 4.74 Å². The maximum absolute atomic E-state index is 11.8. The predicted molar refractivity (Wildman–Crippen MR) is 78.2 cm³/mol. The summed E-state index contributed by atoms with van der Waals surface area (Å²) in [5.74, 6) is 0.0406. The van der Waals surface area contributed by atoms with Crippen molar-refractivity contribution < 1.29 is 9.53 Å². The number of hydrogen-bond donors (Lipinski definition) is 1. The molecule has 1 N–H and O–H groups in total. The van der Waals surface area contributed by atoms with Crippen LogP contribution in [0.5, 0.6) is 0 Å². The number of rotatable bonds is 5. The van der Waals surface area contributed by atoms with E-state index in [1.165, 1.54) is 11.1 Å². The highest BCUT2D eigenvalue weighted by Crippen LogP contribution is 2.25. The van der Waals surface area contributed by atoms with Gasteiger partial charge in [0.15, 0.2) is 0 Å². The summed E-state index contributed by atoms with van der Waals surface area (Å²) in [5, 5.41) is 3.57. The Morgan fingerprint density at radius 2 is 2.35 bits per heavy atom. The highest BCUT2D eigenvalue weighted by atomic mass is 16.5. The number of aromatic nitrogens is 1. The van der Waals surface area contributed by atoms with Crippen molar-refractivity contribution in [2.75, 3.05) is 6.61 Å². The molecule has 0 spiro atoms. The molecule has 0 amide bonds. The first kappa shape index (κ1) is 15.0. The Hall–Kier alpha value is -1.42. The van der Waals surface area contributed by atoms with Crippen molar-refractivity contribution in [1.29, 1.82) is 0 Å². The molecule has 1 saturated carbocycles. The third-order valence-electron chi connectivity index (χ3n) is 4.01. The SMILES string of the molecule is CCOC(=O)C1CCCC(NCc2ccncc2C)C1. The van der Waals surface area contributed by atoms with Crippen LogP contribution in [0.25, 0.3) is 0 Å². The van der Waals surface area contributed by atoms with Crippen LogP contribution in [0.4, 0.5) is 0 Å². The second-order valence-corrected chi connectivity index (χ2v) is 5.50. The molecule has 2 unspecified atom stereocenters. The number of ether oxygens (including phenoxy) is 1. The van der Waals surface area contributed by atoms with Crippen LogP contribution >= 0.6 is 0 Å². The highest BCUT2D eigenvalue weighted by molar-refractivity contribution is 5.72. The summed E-state index contributed by atoms with van der Waals surface area (Å²) in [4.78, 5) is 15.9. The molecule has 20 heavy (non-hydrogen) atoms. The number of nitrogens with one attached hydrogen (secondary N) is 1. The maximum atomic E-state index is 11.8. The van der Waals surface area contributed by atoms with Crippen LogP contribution in [-0.4, -0.2) is 23.6 Å². The lowest BCUT2D eigenvalue weighted by molar-refractivity contribution is -0.149. The first-order valence-corrected chi connectivity index (χ1v) is 7.50. The summed E-state index contributed by atoms with van der Waals surface area (Å²) in [7, 11) is 0. The van der Waals surface area contributed by atoms with Gasteiger partial charge in [0.05, 0.1) is 12.5 Å². The molecule has 0 bridgehead atoms. The van der Waals surface area contributed by atoms with Crippen molar-refractivity contribution in [3.05, 3.63) is 29.6 Å². The minimum atomic E-state index is -0.0286. The Morgan fingerprint density at radius 3 is 3.10 bits per heavy atom. The van der Waals surface area contributed by atoms with Crippen molar-refractivity contribution in [3.63, 3.8) is 0 Å². The normalized spacial score (nSPS) is 22.5. The van der Waals surface area contributed by atoms with Gasteiger partial charge in [-0.05, 0) is 50.3 Å². The molecule has 1 fully saturated rings. The van der Waals surface area contributed by atoms with Crippen LogP contribution in [0.15, 0.2) is 18.5 Å². The summed E-state index contributed by atoms with van der Waals surface area (Å²) in [5.41, 5.74) is 2.48. The summed E-state index contributed by atoms with van der Waals surface area (Å²) in [6.45, 7) is 5.26. The monoisotopic (exact) mass is 276 g/mol.